The van der Waals surface area contributed by atoms with Gasteiger partial charge in [0.25, 0.3) is 0 Å². The van der Waals surface area contributed by atoms with Gasteiger partial charge in [0.1, 0.15) is 45.3 Å². The average molecular weight is 382 g/mol. The fraction of sp³-hybridized carbons (Fsp3) is 0. The number of fused-ring (bicyclic) bond motifs is 4. The van der Waals surface area contributed by atoms with E-state index in [1.807, 2.05) is 0 Å². The highest BCUT2D eigenvalue weighted by Gasteiger charge is 2.22. The highest BCUT2D eigenvalue weighted by atomic mass is 19.1. The molecule has 0 saturated carbocycles. The molecule has 6 nitrogen and oxygen atoms in total. The third-order valence-corrected chi connectivity index (χ3v) is 4.43. The number of halogens is 2. The number of hydrogen-bond donors (Lipinski definition) is 1. The quantitative estimate of drug-likeness (QED) is 0.435. The van der Waals surface area contributed by atoms with Gasteiger partial charge in [0.15, 0.2) is 5.58 Å². The number of hydrogen-bond acceptors (Lipinski definition) is 6. The summed E-state index contributed by atoms with van der Waals surface area (Å²) in [6, 6.07) is 7.99. The molecular weight excluding hydrogens is 374 g/mol. The molecule has 1 N–H and O–H groups in total. The van der Waals surface area contributed by atoms with Gasteiger partial charge in [-0.05, 0) is 36.4 Å². The van der Waals surface area contributed by atoms with Crippen LogP contribution in [-0.2, 0) is 0 Å². The summed E-state index contributed by atoms with van der Waals surface area (Å²) in [6.45, 7) is 0. The largest absolute Gasteiger partial charge is 0.506 e. The van der Waals surface area contributed by atoms with E-state index in [9.17, 15) is 23.5 Å². The van der Waals surface area contributed by atoms with E-state index in [1.54, 1.807) is 0 Å². The van der Waals surface area contributed by atoms with Crippen LogP contribution in [0.5, 0.6) is 5.75 Å². The molecule has 0 aliphatic rings. The van der Waals surface area contributed by atoms with Crippen molar-refractivity contribution in [3.63, 3.8) is 0 Å². The molecule has 5 aromatic rings. The summed E-state index contributed by atoms with van der Waals surface area (Å²) < 4.78 is 43.0. The number of benzene rings is 2. The molecule has 3 aromatic heterocycles. The molecule has 0 bridgehead atoms. The summed E-state index contributed by atoms with van der Waals surface area (Å²) in [4.78, 5) is 24.6. The SMILES string of the molecule is O=c1oc2ccc(F)cc2c(O)c1-c1cc2c(=O)oc3ccc(F)cc3c2o1. The molecule has 0 saturated heterocycles. The summed E-state index contributed by atoms with van der Waals surface area (Å²) in [5.74, 6) is -1.99. The lowest BCUT2D eigenvalue weighted by Gasteiger charge is -2.04. The highest BCUT2D eigenvalue weighted by molar-refractivity contribution is 6.02. The molecule has 0 amide bonds. The first-order valence-electron chi connectivity index (χ1n) is 8.04. The Morgan fingerprint density at radius 3 is 2.04 bits per heavy atom. The zero-order valence-electron chi connectivity index (χ0n) is 13.8. The monoisotopic (exact) mass is 382 g/mol. The molecule has 8 heteroatoms. The zero-order chi connectivity index (χ0) is 19.6. The Labute approximate surface area is 152 Å². The second-order valence-electron chi connectivity index (χ2n) is 6.14. The molecule has 0 fully saturated rings. The van der Waals surface area contributed by atoms with E-state index in [2.05, 4.69) is 0 Å². The molecule has 0 spiro atoms. The fourth-order valence-electron chi connectivity index (χ4n) is 3.17. The summed E-state index contributed by atoms with van der Waals surface area (Å²) in [6.07, 6.45) is 0. The Morgan fingerprint density at radius 1 is 0.714 bits per heavy atom. The molecule has 0 aliphatic carbocycles. The molecule has 3 heterocycles. The maximum atomic E-state index is 13.6. The van der Waals surface area contributed by atoms with Gasteiger partial charge in [-0.25, -0.2) is 18.4 Å². The second-order valence-corrected chi connectivity index (χ2v) is 6.14. The highest BCUT2D eigenvalue weighted by Crippen LogP contribution is 2.37. The topological polar surface area (TPSA) is 93.8 Å². The van der Waals surface area contributed by atoms with Crippen LogP contribution in [0.15, 0.2) is 65.3 Å². The van der Waals surface area contributed by atoms with Gasteiger partial charge in [-0.3, -0.25) is 0 Å². The van der Waals surface area contributed by atoms with Gasteiger partial charge in [0, 0.05) is 6.07 Å². The molecule has 0 unspecified atom stereocenters. The molecule has 0 aliphatic heterocycles. The maximum absolute atomic E-state index is 13.6. The lowest BCUT2D eigenvalue weighted by molar-refractivity contribution is 0.466. The number of rotatable bonds is 1. The Bertz CT molecular complexity index is 1540. The van der Waals surface area contributed by atoms with Crippen LogP contribution in [0.3, 0.4) is 0 Å². The van der Waals surface area contributed by atoms with E-state index in [1.165, 1.54) is 18.2 Å². The van der Waals surface area contributed by atoms with Crippen molar-refractivity contribution >= 4 is 32.9 Å². The van der Waals surface area contributed by atoms with E-state index in [0.717, 1.165) is 24.3 Å². The summed E-state index contributed by atoms with van der Waals surface area (Å²) in [5.41, 5.74) is -2.04. The predicted octanol–water partition coefficient (Wildman–Crippen LogP) is 4.30. The summed E-state index contributed by atoms with van der Waals surface area (Å²) in [7, 11) is 0. The Balaban J connectivity index is 1.89. The zero-order valence-corrected chi connectivity index (χ0v) is 13.8. The maximum Gasteiger partial charge on any atom is 0.351 e. The van der Waals surface area contributed by atoms with Gasteiger partial charge >= 0.3 is 11.3 Å². The Morgan fingerprint density at radius 2 is 1.32 bits per heavy atom. The van der Waals surface area contributed by atoms with E-state index < -0.39 is 34.2 Å². The van der Waals surface area contributed by atoms with Crippen LogP contribution >= 0.6 is 0 Å². The van der Waals surface area contributed by atoms with Crippen molar-refractivity contribution in [2.45, 2.75) is 0 Å². The smallest absolute Gasteiger partial charge is 0.351 e. The minimum atomic E-state index is -0.949. The standard InChI is InChI=1S/C20H8F2O6/c21-8-1-3-13-10(5-8)17(23)16(20(25)28-13)15-7-12-18(26-15)11-6-9(22)2-4-14(11)27-19(12)24/h1-7,23H. The van der Waals surface area contributed by atoms with E-state index >= 15 is 0 Å². The first kappa shape index (κ1) is 16.2. The van der Waals surface area contributed by atoms with E-state index in [4.69, 9.17) is 13.3 Å². The third-order valence-electron chi connectivity index (χ3n) is 4.43. The molecular formula is C20H8F2O6. The van der Waals surface area contributed by atoms with Gasteiger partial charge in [-0.15, -0.1) is 0 Å². The lowest BCUT2D eigenvalue weighted by atomic mass is 10.1. The fourth-order valence-corrected chi connectivity index (χ4v) is 3.17. The van der Waals surface area contributed by atoms with Crippen molar-refractivity contribution in [1.82, 2.24) is 0 Å². The Hall–Kier alpha value is -3.94. The van der Waals surface area contributed by atoms with E-state index in [0.29, 0.717) is 0 Å². The van der Waals surface area contributed by atoms with Gasteiger partial charge in [0.05, 0.1) is 10.8 Å². The molecule has 0 radical (unpaired) electrons. The number of aromatic hydroxyl groups is 1. The van der Waals surface area contributed by atoms with E-state index in [-0.39, 0.29) is 38.7 Å². The molecule has 28 heavy (non-hydrogen) atoms. The summed E-state index contributed by atoms with van der Waals surface area (Å²) >= 11 is 0. The first-order valence-corrected chi connectivity index (χ1v) is 8.04. The lowest BCUT2D eigenvalue weighted by Crippen LogP contribution is -2.03. The van der Waals surface area contributed by atoms with Crippen molar-refractivity contribution in [2.24, 2.45) is 0 Å². The van der Waals surface area contributed by atoms with Crippen LogP contribution in [0, 0.1) is 11.6 Å². The molecule has 138 valence electrons. The van der Waals surface area contributed by atoms with Crippen LogP contribution in [0.2, 0.25) is 0 Å². The first-order chi connectivity index (χ1) is 13.4. The van der Waals surface area contributed by atoms with Gasteiger partial charge in [-0.1, -0.05) is 0 Å². The molecule has 5 rings (SSSR count). The normalized spacial score (nSPS) is 11.6. The van der Waals surface area contributed by atoms with Gasteiger partial charge in [-0.2, -0.15) is 0 Å². The van der Waals surface area contributed by atoms with Crippen LogP contribution < -0.4 is 11.3 Å². The Kier molecular flexibility index (Phi) is 3.21. The minimum absolute atomic E-state index is 0.0149. The van der Waals surface area contributed by atoms with Crippen LogP contribution in [-0.4, -0.2) is 5.11 Å². The van der Waals surface area contributed by atoms with Gasteiger partial charge in [0.2, 0.25) is 0 Å². The average Bonchev–Trinajstić information content (AvgIpc) is 3.09. The van der Waals surface area contributed by atoms with Crippen LogP contribution in [0.4, 0.5) is 8.78 Å². The predicted molar refractivity (Wildman–Crippen MR) is 95.3 cm³/mol. The molecule has 2 aromatic carbocycles. The number of furan rings is 1. The summed E-state index contributed by atoms with van der Waals surface area (Å²) in [5, 5.41) is 10.6. The van der Waals surface area contributed by atoms with Crippen LogP contribution in [0.1, 0.15) is 0 Å². The van der Waals surface area contributed by atoms with Crippen LogP contribution in [0.25, 0.3) is 44.2 Å². The third kappa shape index (κ3) is 2.24. The minimum Gasteiger partial charge on any atom is -0.506 e. The van der Waals surface area contributed by atoms with Crippen molar-refractivity contribution in [2.75, 3.05) is 0 Å². The van der Waals surface area contributed by atoms with Crippen molar-refractivity contribution in [3.05, 3.63) is 74.9 Å². The molecule has 0 atom stereocenters. The van der Waals surface area contributed by atoms with Crippen molar-refractivity contribution in [1.29, 1.82) is 0 Å². The van der Waals surface area contributed by atoms with Crippen molar-refractivity contribution in [3.8, 4) is 17.1 Å². The second kappa shape index (κ2) is 5.53. The van der Waals surface area contributed by atoms with Gasteiger partial charge < -0.3 is 18.4 Å². The van der Waals surface area contributed by atoms with Crippen molar-refractivity contribution < 1.29 is 27.1 Å².